The average molecular weight is 267 g/mol. The molecule has 0 saturated carbocycles. The largest absolute Gasteiger partial charge is 0.744 e. The van der Waals surface area contributed by atoms with E-state index in [-0.39, 0.29) is 16.4 Å². The fraction of sp³-hybridized carbons (Fsp3) is 0. The van der Waals surface area contributed by atoms with E-state index in [0.29, 0.717) is 5.56 Å². The van der Waals surface area contributed by atoms with E-state index in [1.165, 1.54) is 24.3 Å². The molecule has 0 saturated heterocycles. The lowest BCUT2D eigenvalue weighted by Gasteiger charge is -2.06. The number of carbonyl (C=O) groups is 1. The second kappa shape index (κ2) is 4.28. The number of benzene rings is 1. The molecule has 1 N–H and O–H groups in total. The van der Waals surface area contributed by atoms with Crippen molar-refractivity contribution < 1.29 is 27.3 Å². The van der Waals surface area contributed by atoms with Gasteiger partial charge < -0.3 is 14.1 Å². The number of carboxylic acid groups (broad SMARTS) is 1. The minimum atomic E-state index is -4.48. The Bertz CT molecular complexity index is 681. The molecule has 6 nitrogen and oxygen atoms in total. The fourth-order valence-electron chi connectivity index (χ4n) is 1.39. The maximum Gasteiger partial charge on any atom is 0.371 e. The van der Waals surface area contributed by atoms with E-state index in [1.807, 2.05) is 0 Å². The highest BCUT2D eigenvalue weighted by atomic mass is 32.2. The summed E-state index contributed by atoms with van der Waals surface area (Å²) < 4.78 is 37.2. The van der Waals surface area contributed by atoms with Gasteiger partial charge in [0.15, 0.2) is 0 Å². The van der Waals surface area contributed by atoms with Gasteiger partial charge in [0.2, 0.25) is 5.76 Å². The van der Waals surface area contributed by atoms with Crippen LogP contribution in [0.5, 0.6) is 0 Å². The molecule has 1 aromatic heterocycles. The summed E-state index contributed by atoms with van der Waals surface area (Å²) >= 11 is 0. The third-order valence-corrected chi connectivity index (χ3v) is 3.09. The van der Waals surface area contributed by atoms with Gasteiger partial charge in [-0.05, 0) is 36.4 Å². The maximum atomic E-state index is 10.7. The molecule has 0 aliphatic carbocycles. The zero-order valence-corrected chi connectivity index (χ0v) is 9.68. The monoisotopic (exact) mass is 267 g/mol. The first kappa shape index (κ1) is 12.3. The molecule has 0 amide bonds. The van der Waals surface area contributed by atoms with Crippen molar-refractivity contribution in [1.82, 2.24) is 0 Å². The zero-order chi connectivity index (χ0) is 13.3. The minimum absolute atomic E-state index is 0.217. The highest BCUT2D eigenvalue weighted by Crippen LogP contribution is 2.23. The number of carboxylic acids is 1. The molecule has 1 aromatic carbocycles. The zero-order valence-electron chi connectivity index (χ0n) is 8.86. The molecule has 0 bridgehead atoms. The predicted octanol–water partition coefficient (Wildman–Crippen LogP) is 1.55. The highest BCUT2D eigenvalue weighted by Gasteiger charge is 2.10. The Morgan fingerprint density at radius 3 is 2.17 bits per heavy atom. The molecule has 0 radical (unpaired) electrons. The number of rotatable bonds is 3. The quantitative estimate of drug-likeness (QED) is 0.845. The molecule has 18 heavy (non-hydrogen) atoms. The van der Waals surface area contributed by atoms with Crippen molar-refractivity contribution in [3.63, 3.8) is 0 Å². The normalized spacial score (nSPS) is 11.4. The molecule has 2 aromatic rings. The van der Waals surface area contributed by atoms with E-state index in [2.05, 4.69) is 0 Å². The molecule has 0 fully saturated rings. The lowest BCUT2D eigenvalue weighted by Crippen LogP contribution is -1.97. The van der Waals surface area contributed by atoms with Gasteiger partial charge in [-0.3, -0.25) is 0 Å². The molecule has 1 heterocycles. The summed E-state index contributed by atoms with van der Waals surface area (Å²) in [6.45, 7) is 0. The van der Waals surface area contributed by atoms with Crippen molar-refractivity contribution >= 4 is 16.1 Å². The second-order valence-electron chi connectivity index (χ2n) is 3.45. The van der Waals surface area contributed by atoms with Crippen LogP contribution in [-0.4, -0.2) is 24.0 Å². The van der Waals surface area contributed by atoms with E-state index in [4.69, 9.17) is 9.52 Å². The van der Waals surface area contributed by atoms with Crippen LogP contribution in [0.25, 0.3) is 11.3 Å². The van der Waals surface area contributed by atoms with Crippen LogP contribution in [0.1, 0.15) is 10.6 Å². The maximum absolute atomic E-state index is 10.7. The van der Waals surface area contributed by atoms with Crippen molar-refractivity contribution in [3.8, 4) is 11.3 Å². The smallest absolute Gasteiger partial charge is 0.371 e. The molecular formula is C11H7O6S-. The van der Waals surface area contributed by atoms with Crippen molar-refractivity contribution in [2.75, 3.05) is 0 Å². The van der Waals surface area contributed by atoms with Gasteiger partial charge in [-0.25, -0.2) is 13.2 Å². The SMILES string of the molecule is O=C(O)c1ccc(-c2ccc(S(=O)(=O)[O-])cc2)o1. The third-order valence-electron chi connectivity index (χ3n) is 2.24. The van der Waals surface area contributed by atoms with E-state index >= 15 is 0 Å². The molecule has 0 atom stereocenters. The first-order valence-electron chi connectivity index (χ1n) is 4.77. The first-order valence-corrected chi connectivity index (χ1v) is 6.18. The van der Waals surface area contributed by atoms with Crippen molar-refractivity contribution in [2.45, 2.75) is 4.90 Å². The van der Waals surface area contributed by atoms with E-state index in [0.717, 1.165) is 12.1 Å². The summed E-state index contributed by atoms with van der Waals surface area (Å²) in [5, 5.41) is 8.68. The second-order valence-corrected chi connectivity index (χ2v) is 4.83. The Hall–Kier alpha value is -2.12. The molecule has 0 aliphatic rings. The Morgan fingerprint density at radius 1 is 1.11 bits per heavy atom. The van der Waals surface area contributed by atoms with Crippen molar-refractivity contribution in [2.24, 2.45) is 0 Å². The molecule has 0 aliphatic heterocycles. The van der Waals surface area contributed by atoms with Crippen LogP contribution in [0, 0.1) is 0 Å². The molecule has 0 unspecified atom stereocenters. The summed E-state index contributed by atoms with van der Waals surface area (Å²) in [6.07, 6.45) is 0. The molecule has 0 spiro atoms. The van der Waals surface area contributed by atoms with Crippen molar-refractivity contribution in [1.29, 1.82) is 0 Å². The van der Waals surface area contributed by atoms with Gasteiger partial charge in [-0.2, -0.15) is 0 Å². The van der Waals surface area contributed by atoms with Gasteiger partial charge >= 0.3 is 5.97 Å². The molecule has 2 rings (SSSR count). The van der Waals surface area contributed by atoms with Crippen LogP contribution in [0.2, 0.25) is 0 Å². The third kappa shape index (κ3) is 2.41. The summed E-state index contributed by atoms with van der Waals surface area (Å²) in [5.41, 5.74) is 0.481. The van der Waals surface area contributed by atoms with Crippen LogP contribution in [0.4, 0.5) is 0 Å². The van der Waals surface area contributed by atoms with Crippen LogP contribution in [0.15, 0.2) is 45.7 Å². The standard InChI is InChI=1S/C11H8O6S/c12-11(13)10-6-5-9(17-10)7-1-3-8(4-2-7)18(14,15)16/h1-6H,(H,12,13)(H,14,15,16)/p-1. The Balaban J connectivity index is 2.37. The van der Waals surface area contributed by atoms with E-state index in [1.54, 1.807) is 0 Å². The number of hydrogen-bond donors (Lipinski definition) is 1. The van der Waals surface area contributed by atoms with Gasteiger partial charge in [0.05, 0.1) is 4.90 Å². The van der Waals surface area contributed by atoms with Crippen LogP contribution >= 0.6 is 0 Å². The Labute approximate surface area is 102 Å². The summed E-state index contributed by atoms with van der Waals surface area (Å²) in [4.78, 5) is 10.3. The summed E-state index contributed by atoms with van der Waals surface area (Å²) in [5.74, 6) is -1.13. The lowest BCUT2D eigenvalue weighted by atomic mass is 10.2. The highest BCUT2D eigenvalue weighted by molar-refractivity contribution is 7.85. The Kier molecular flexibility index (Phi) is 2.93. The van der Waals surface area contributed by atoms with Gasteiger partial charge in [-0.1, -0.05) is 0 Å². The van der Waals surface area contributed by atoms with Gasteiger partial charge in [0, 0.05) is 5.56 Å². The van der Waals surface area contributed by atoms with Crippen molar-refractivity contribution in [3.05, 3.63) is 42.2 Å². The number of furan rings is 1. The van der Waals surface area contributed by atoms with Crippen LogP contribution in [-0.2, 0) is 10.1 Å². The van der Waals surface area contributed by atoms with Crippen LogP contribution < -0.4 is 0 Å². The lowest BCUT2D eigenvalue weighted by molar-refractivity contribution is 0.0663. The Morgan fingerprint density at radius 2 is 1.72 bits per heavy atom. The number of aromatic carboxylic acids is 1. The topological polar surface area (TPSA) is 108 Å². The van der Waals surface area contributed by atoms with Crippen LogP contribution in [0.3, 0.4) is 0 Å². The van der Waals surface area contributed by atoms with Gasteiger partial charge in [0.1, 0.15) is 15.9 Å². The summed E-state index contributed by atoms with van der Waals surface area (Å²) in [6, 6.07) is 7.76. The fourth-order valence-corrected chi connectivity index (χ4v) is 1.86. The molecule has 7 heteroatoms. The number of hydrogen-bond acceptors (Lipinski definition) is 5. The van der Waals surface area contributed by atoms with Gasteiger partial charge in [-0.15, -0.1) is 0 Å². The first-order chi connectivity index (χ1) is 8.38. The predicted molar refractivity (Wildman–Crippen MR) is 59.1 cm³/mol. The van der Waals surface area contributed by atoms with E-state index in [9.17, 15) is 17.8 Å². The summed E-state index contributed by atoms with van der Waals surface area (Å²) in [7, 11) is -4.48. The molecule has 94 valence electrons. The molecular weight excluding hydrogens is 260 g/mol. The average Bonchev–Trinajstić information content (AvgIpc) is 2.77. The van der Waals surface area contributed by atoms with Gasteiger partial charge in [0.25, 0.3) is 0 Å². The van der Waals surface area contributed by atoms with E-state index < -0.39 is 16.1 Å². The minimum Gasteiger partial charge on any atom is -0.744 e.